The second kappa shape index (κ2) is 11.1. The molecule has 2 aliphatic carbocycles. The Labute approximate surface area is 264 Å². The van der Waals surface area contributed by atoms with Gasteiger partial charge in [-0.25, -0.2) is 0 Å². The number of carboxylic acids is 1. The van der Waals surface area contributed by atoms with Gasteiger partial charge in [0.25, 0.3) is 11.8 Å². The van der Waals surface area contributed by atoms with E-state index >= 15 is 0 Å². The lowest BCUT2D eigenvalue weighted by Gasteiger charge is -2.49. The standard InChI is InChI=1S/C35H33N3O8/c1-19-7-9-21(10-8-19)36-38-32(43)26-17-25-23(12-13-24-29(25)33(44)37(31(24)42)16-15-28(40)41)30(27-14-11-22(18-39)46-27)35(26,34(38)45)20-5-3-2-4-6-20/h2-12,14,24-26,29-30,36,39H,13,15-18H2,1H3,(H,40,41)/t24-,25+,26-,29-,30+,35+/m0/s1. The molecule has 46 heavy (non-hydrogen) atoms. The first kappa shape index (κ1) is 29.7. The van der Waals surface area contributed by atoms with E-state index in [1.807, 2.05) is 55.5 Å². The van der Waals surface area contributed by atoms with Crippen LogP contribution in [0.1, 0.15) is 47.8 Å². The van der Waals surface area contributed by atoms with Crippen LogP contribution in [0.15, 0.2) is 82.8 Å². The molecule has 2 saturated heterocycles. The van der Waals surface area contributed by atoms with E-state index in [4.69, 9.17) is 4.42 Å². The number of aliphatic hydroxyl groups is 1. The molecule has 2 aliphatic heterocycles. The van der Waals surface area contributed by atoms with Crippen LogP contribution in [0.2, 0.25) is 0 Å². The molecular formula is C35H33N3O8. The maximum absolute atomic E-state index is 15.0. The minimum Gasteiger partial charge on any atom is -0.481 e. The highest BCUT2D eigenvalue weighted by molar-refractivity contribution is 6.13. The number of benzene rings is 2. The number of anilines is 1. The molecule has 7 rings (SSSR count). The molecule has 3 N–H and O–H groups in total. The van der Waals surface area contributed by atoms with E-state index in [1.165, 1.54) is 0 Å². The maximum atomic E-state index is 15.0. The number of allylic oxidation sites excluding steroid dienone is 2. The summed E-state index contributed by atoms with van der Waals surface area (Å²) >= 11 is 0. The third-order valence-corrected chi connectivity index (χ3v) is 10.2. The van der Waals surface area contributed by atoms with Crippen molar-refractivity contribution < 1.29 is 38.6 Å². The van der Waals surface area contributed by atoms with Crippen molar-refractivity contribution in [3.63, 3.8) is 0 Å². The molecule has 11 nitrogen and oxygen atoms in total. The van der Waals surface area contributed by atoms with E-state index in [0.717, 1.165) is 21.0 Å². The van der Waals surface area contributed by atoms with Gasteiger partial charge in [0.05, 0.1) is 35.8 Å². The van der Waals surface area contributed by atoms with Crippen molar-refractivity contribution in [3.05, 3.63) is 101 Å². The quantitative estimate of drug-likeness (QED) is 0.252. The van der Waals surface area contributed by atoms with Gasteiger partial charge < -0.3 is 14.6 Å². The van der Waals surface area contributed by atoms with E-state index in [-0.39, 0.29) is 38.2 Å². The first-order valence-electron chi connectivity index (χ1n) is 15.4. The zero-order chi connectivity index (χ0) is 32.3. The monoisotopic (exact) mass is 623 g/mol. The summed E-state index contributed by atoms with van der Waals surface area (Å²) in [4.78, 5) is 69.2. The molecule has 3 heterocycles. The van der Waals surface area contributed by atoms with E-state index in [2.05, 4.69) is 5.43 Å². The molecular weight excluding hydrogens is 590 g/mol. The number of fused-ring (bicyclic) bond motifs is 4. The smallest absolute Gasteiger partial charge is 0.305 e. The molecule has 3 aromatic rings. The van der Waals surface area contributed by atoms with Gasteiger partial charge in [0, 0.05) is 6.54 Å². The number of carbonyl (C=O) groups is 5. The molecule has 0 bridgehead atoms. The third-order valence-electron chi connectivity index (χ3n) is 10.2. The van der Waals surface area contributed by atoms with Gasteiger partial charge in [-0.15, -0.1) is 0 Å². The first-order chi connectivity index (χ1) is 22.2. The van der Waals surface area contributed by atoms with Gasteiger partial charge in [-0.1, -0.05) is 59.7 Å². The normalized spacial score (nSPS) is 28.6. The number of likely N-dealkylation sites (tertiary alicyclic amines) is 1. The highest BCUT2D eigenvalue weighted by Gasteiger charge is 2.71. The minimum atomic E-state index is -1.47. The number of rotatable bonds is 8. The SMILES string of the molecule is Cc1ccc(NN2C(=O)[C@@H]3C[C@@H]4C(=CC[C@@H]5C(=O)N(CCC(=O)O)C(=O)[C@@H]54)[C@H](c4ccc(CO)o4)[C@]3(c3ccccc3)C2=O)cc1. The Morgan fingerprint density at radius 2 is 1.70 bits per heavy atom. The molecule has 1 aromatic heterocycles. The predicted molar refractivity (Wildman–Crippen MR) is 162 cm³/mol. The third kappa shape index (κ3) is 4.33. The van der Waals surface area contributed by atoms with Gasteiger partial charge >= 0.3 is 5.97 Å². The number of amides is 4. The molecule has 2 aromatic carbocycles. The number of aliphatic carboxylic acids is 1. The van der Waals surface area contributed by atoms with Crippen LogP contribution in [0.4, 0.5) is 5.69 Å². The van der Waals surface area contributed by atoms with Crippen molar-refractivity contribution in [3.8, 4) is 0 Å². The average molecular weight is 624 g/mol. The Balaban J connectivity index is 1.40. The van der Waals surface area contributed by atoms with E-state index in [9.17, 15) is 34.2 Å². The number of aryl methyl sites for hydroxylation is 1. The maximum Gasteiger partial charge on any atom is 0.305 e. The van der Waals surface area contributed by atoms with Gasteiger partial charge in [-0.3, -0.25) is 34.3 Å². The molecule has 0 radical (unpaired) electrons. The number of hydrogen-bond donors (Lipinski definition) is 3. The van der Waals surface area contributed by atoms with Crippen LogP contribution in [0.3, 0.4) is 0 Å². The number of carbonyl (C=O) groups excluding carboxylic acids is 4. The van der Waals surface area contributed by atoms with Crippen LogP contribution >= 0.6 is 0 Å². The Bertz CT molecular complexity index is 1780. The van der Waals surface area contributed by atoms with E-state index in [0.29, 0.717) is 17.0 Å². The number of aliphatic hydroxyl groups excluding tert-OH is 1. The Morgan fingerprint density at radius 1 is 0.957 bits per heavy atom. The van der Waals surface area contributed by atoms with Crippen LogP contribution in [-0.4, -0.2) is 56.3 Å². The van der Waals surface area contributed by atoms with E-state index < -0.39 is 64.6 Å². The van der Waals surface area contributed by atoms with Gasteiger partial charge in [-0.2, -0.15) is 5.01 Å². The Morgan fingerprint density at radius 3 is 2.37 bits per heavy atom. The fraction of sp³-hybridized carbons (Fsp3) is 0.343. The summed E-state index contributed by atoms with van der Waals surface area (Å²) in [6.07, 6.45) is 1.87. The molecule has 236 valence electrons. The lowest BCUT2D eigenvalue weighted by Crippen LogP contribution is -2.53. The predicted octanol–water partition coefficient (Wildman–Crippen LogP) is 3.54. The summed E-state index contributed by atoms with van der Waals surface area (Å²) in [5, 5.41) is 20.2. The topological polar surface area (TPSA) is 157 Å². The highest BCUT2D eigenvalue weighted by atomic mass is 16.4. The van der Waals surface area contributed by atoms with Crippen LogP contribution in [0, 0.1) is 30.6 Å². The Hall–Kier alpha value is -5.03. The van der Waals surface area contributed by atoms with Crippen molar-refractivity contribution in [1.82, 2.24) is 9.91 Å². The van der Waals surface area contributed by atoms with Crippen LogP contribution in [0.5, 0.6) is 0 Å². The first-order valence-corrected chi connectivity index (χ1v) is 15.4. The van der Waals surface area contributed by atoms with Crippen LogP contribution in [-0.2, 0) is 36.0 Å². The fourth-order valence-corrected chi connectivity index (χ4v) is 8.18. The molecule has 3 fully saturated rings. The lowest BCUT2D eigenvalue weighted by molar-refractivity contribution is -0.143. The van der Waals surface area contributed by atoms with Crippen molar-refractivity contribution in [2.45, 2.75) is 44.1 Å². The van der Waals surface area contributed by atoms with Crippen molar-refractivity contribution in [2.75, 3.05) is 12.0 Å². The number of nitrogens with zero attached hydrogens (tertiary/aromatic N) is 2. The molecule has 1 saturated carbocycles. The summed E-state index contributed by atoms with van der Waals surface area (Å²) in [5.41, 5.74) is 4.47. The summed E-state index contributed by atoms with van der Waals surface area (Å²) < 4.78 is 6.15. The molecule has 11 heteroatoms. The second-order valence-corrected chi connectivity index (χ2v) is 12.5. The van der Waals surface area contributed by atoms with Crippen molar-refractivity contribution >= 4 is 35.3 Å². The van der Waals surface area contributed by atoms with Crippen molar-refractivity contribution in [2.24, 2.45) is 23.7 Å². The van der Waals surface area contributed by atoms with Crippen molar-refractivity contribution in [1.29, 1.82) is 0 Å². The number of carboxylic acid groups (broad SMARTS) is 1. The lowest BCUT2D eigenvalue weighted by atomic mass is 9.50. The largest absolute Gasteiger partial charge is 0.481 e. The number of hydrazine groups is 1. The number of hydrogen-bond acceptors (Lipinski definition) is 8. The molecule has 0 spiro atoms. The summed E-state index contributed by atoms with van der Waals surface area (Å²) in [6, 6.07) is 19.7. The number of imide groups is 2. The van der Waals surface area contributed by atoms with Gasteiger partial charge in [0.15, 0.2) is 0 Å². The molecule has 4 amide bonds. The zero-order valence-corrected chi connectivity index (χ0v) is 25.1. The van der Waals surface area contributed by atoms with Crippen LogP contribution < -0.4 is 5.43 Å². The number of nitrogens with one attached hydrogen (secondary N) is 1. The molecule has 0 unspecified atom stereocenters. The summed E-state index contributed by atoms with van der Waals surface area (Å²) in [7, 11) is 0. The van der Waals surface area contributed by atoms with Crippen LogP contribution in [0.25, 0.3) is 0 Å². The summed E-state index contributed by atoms with van der Waals surface area (Å²) in [5.74, 6) is -6.15. The zero-order valence-electron chi connectivity index (χ0n) is 25.1. The van der Waals surface area contributed by atoms with Gasteiger partial charge in [0.1, 0.15) is 23.5 Å². The average Bonchev–Trinajstić information content (AvgIpc) is 3.69. The van der Waals surface area contributed by atoms with Gasteiger partial charge in [0.2, 0.25) is 11.8 Å². The highest BCUT2D eigenvalue weighted by Crippen LogP contribution is 2.64. The van der Waals surface area contributed by atoms with E-state index in [1.54, 1.807) is 24.3 Å². The minimum absolute atomic E-state index is 0.119. The van der Waals surface area contributed by atoms with Gasteiger partial charge in [-0.05, 0) is 55.5 Å². The molecule has 6 atom stereocenters. The molecule has 4 aliphatic rings. The second-order valence-electron chi connectivity index (χ2n) is 12.5. The fourth-order valence-electron chi connectivity index (χ4n) is 8.18. The Kier molecular flexibility index (Phi) is 7.16. The number of furan rings is 1. The summed E-state index contributed by atoms with van der Waals surface area (Å²) in [6.45, 7) is 1.33.